The Hall–Kier alpha value is -1.85. The second-order valence-corrected chi connectivity index (χ2v) is 8.62. The van der Waals surface area contributed by atoms with Crippen molar-refractivity contribution >= 4 is 39.8 Å². The van der Waals surface area contributed by atoms with Crippen molar-refractivity contribution in [2.45, 2.75) is 24.9 Å². The van der Waals surface area contributed by atoms with Crippen LogP contribution in [-0.2, 0) is 27.7 Å². The summed E-state index contributed by atoms with van der Waals surface area (Å²) >= 11 is 0. The first-order valence-electron chi connectivity index (χ1n) is 9.28. The van der Waals surface area contributed by atoms with Crippen LogP contribution >= 0.6 is 24.0 Å². The molecule has 0 aliphatic rings. The molecule has 0 heterocycles. The van der Waals surface area contributed by atoms with E-state index in [1.165, 1.54) is 6.26 Å². The van der Waals surface area contributed by atoms with Gasteiger partial charge in [0.25, 0.3) is 0 Å². The van der Waals surface area contributed by atoms with E-state index in [1.54, 1.807) is 27.1 Å². The van der Waals surface area contributed by atoms with Crippen LogP contribution in [0.25, 0.3) is 0 Å². The van der Waals surface area contributed by atoms with Gasteiger partial charge in [0.1, 0.15) is 12.4 Å². The second-order valence-electron chi connectivity index (χ2n) is 6.64. The van der Waals surface area contributed by atoms with Gasteiger partial charge in [-0.1, -0.05) is 24.3 Å². The lowest BCUT2D eigenvalue weighted by atomic mass is 10.1. The fourth-order valence-corrected chi connectivity index (χ4v) is 3.74. The highest BCUT2D eigenvalue weighted by molar-refractivity contribution is 14.0. The number of ether oxygens (including phenoxy) is 2. The summed E-state index contributed by atoms with van der Waals surface area (Å²) in [6, 6.07) is 13.2. The third kappa shape index (κ3) is 8.49. The molecule has 0 aliphatic heterocycles. The minimum atomic E-state index is -3.21. The zero-order valence-electron chi connectivity index (χ0n) is 17.8. The molecule has 2 rings (SSSR count). The number of halogens is 1. The van der Waals surface area contributed by atoms with Gasteiger partial charge in [-0.2, -0.15) is 0 Å². The van der Waals surface area contributed by atoms with E-state index in [0.717, 1.165) is 22.4 Å². The maximum absolute atomic E-state index is 11.7. The molecule has 0 radical (unpaired) electrons. The normalized spacial score (nSPS) is 11.5. The van der Waals surface area contributed by atoms with Crippen LogP contribution in [0.2, 0.25) is 0 Å². The van der Waals surface area contributed by atoms with Crippen molar-refractivity contribution in [3.63, 3.8) is 0 Å². The van der Waals surface area contributed by atoms with E-state index in [9.17, 15) is 8.42 Å². The van der Waals surface area contributed by atoms with Crippen LogP contribution in [0, 0.1) is 6.92 Å². The third-order valence-electron chi connectivity index (χ3n) is 4.26. The van der Waals surface area contributed by atoms with E-state index >= 15 is 0 Å². The molecule has 0 bridgehead atoms. The van der Waals surface area contributed by atoms with E-state index < -0.39 is 9.84 Å². The number of rotatable bonds is 9. The van der Waals surface area contributed by atoms with Crippen LogP contribution in [0.15, 0.2) is 52.4 Å². The Balaban J connectivity index is 0.00000450. The Morgan fingerprint density at radius 3 is 2.13 bits per heavy atom. The van der Waals surface area contributed by atoms with E-state index in [-0.39, 0.29) is 24.0 Å². The number of aliphatic imine (C=N–C) groups is 1. The summed E-state index contributed by atoms with van der Waals surface area (Å²) in [5, 5.41) is 6.50. The topological polar surface area (TPSA) is 89.0 Å². The summed E-state index contributed by atoms with van der Waals surface area (Å²) in [5.41, 5.74) is 2.82. The second kappa shape index (κ2) is 12.8. The quantitative estimate of drug-likeness (QED) is 0.217. The number of methoxy groups -OCH3 is 1. The monoisotopic (exact) mass is 547 g/mol. The summed E-state index contributed by atoms with van der Waals surface area (Å²) in [4.78, 5) is 4.58. The molecule has 2 aromatic rings. The van der Waals surface area contributed by atoms with Crippen molar-refractivity contribution < 1.29 is 17.9 Å². The molecule has 0 aromatic heterocycles. The molecule has 0 atom stereocenters. The lowest BCUT2D eigenvalue weighted by Gasteiger charge is -2.13. The fourth-order valence-electron chi connectivity index (χ4n) is 2.78. The summed E-state index contributed by atoms with van der Waals surface area (Å²) < 4.78 is 34.0. The number of hydrogen-bond acceptors (Lipinski definition) is 5. The zero-order chi connectivity index (χ0) is 21.3. The highest BCUT2D eigenvalue weighted by atomic mass is 127. The van der Waals surface area contributed by atoms with Crippen molar-refractivity contribution in [2.75, 3.05) is 33.6 Å². The Kier molecular flexibility index (Phi) is 11.1. The van der Waals surface area contributed by atoms with E-state index in [0.29, 0.717) is 37.2 Å². The summed E-state index contributed by atoms with van der Waals surface area (Å²) in [6.07, 6.45) is 1.22. The third-order valence-corrected chi connectivity index (χ3v) is 5.52. The molecular formula is C21H30IN3O4S. The molecule has 0 aliphatic carbocycles. The van der Waals surface area contributed by atoms with Crippen LogP contribution in [0.4, 0.5) is 0 Å². The van der Waals surface area contributed by atoms with Gasteiger partial charge < -0.3 is 20.1 Å². The molecule has 9 heteroatoms. The Labute approximate surface area is 196 Å². The van der Waals surface area contributed by atoms with Gasteiger partial charge in [0, 0.05) is 33.5 Å². The maximum Gasteiger partial charge on any atom is 0.191 e. The SMILES string of the molecule is CN=C(NCc1ccc(OCCOC)cc1)NCc1ccc(S(C)(=O)=O)c(C)c1.I. The molecular weight excluding hydrogens is 517 g/mol. The van der Waals surface area contributed by atoms with E-state index in [2.05, 4.69) is 15.6 Å². The van der Waals surface area contributed by atoms with Crippen LogP contribution in [0.1, 0.15) is 16.7 Å². The lowest BCUT2D eigenvalue weighted by Crippen LogP contribution is -2.36. The van der Waals surface area contributed by atoms with Gasteiger partial charge in [0.05, 0.1) is 11.5 Å². The van der Waals surface area contributed by atoms with Crippen LogP contribution in [-0.4, -0.2) is 48.0 Å². The molecule has 0 amide bonds. The van der Waals surface area contributed by atoms with Crippen molar-refractivity contribution in [1.82, 2.24) is 10.6 Å². The van der Waals surface area contributed by atoms with E-state index in [1.807, 2.05) is 36.4 Å². The number of benzene rings is 2. The summed E-state index contributed by atoms with van der Waals surface area (Å²) in [5.74, 6) is 1.47. The van der Waals surface area contributed by atoms with Gasteiger partial charge in [0.2, 0.25) is 0 Å². The minimum absolute atomic E-state index is 0. The average Bonchev–Trinajstić information content (AvgIpc) is 2.68. The predicted molar refractivity (Wildman–Crippen MR) is 131 cm³/mol. The molecule has 0 fully saturated rings. The molecule has 7 nitrogen and oxygen atoms in total. The number of nitrogens with zero attached hydrogens (tertiary/aromatic N) is 1. The standard InChI is InChI=1S/C21H29N3O4S.HI/c1-16-13-18(7-10-20(16)29(4,25)26)15-24-21(22-2)23-14-17-5-8-19(9-6-17)28-12-11-27-3;/h5-10,13H,11-12,14-15H2,1-4H3,(H2,22,23,24);1H. The molecule has 0 spiro atoms. The van der Waals surface area contributed by atoms with Crippen molar-refractivity contribution in [3.05, 3.63) is 59.2 Å². The average molecular weight is 547 g/mol. The van der Waals surface area contributed by atoms with Crippen LogP contribution in [0.3, 0.4) is 0 Å². The number of sulfone groups is 1. The van der Waals surface area contributed by atoms with Crippen molar-refractivity contribution in [1.29, 1.82) is 0 Å². The first-order chi connectivity index (χ1) is 13.8. The first-order valence-corrected chi connectivity index (χ1v) is 11.2. The largest absolute Gasteiger partial charge is 0.491 e. The smallest absolute Gasteiger partial charge is 0.191 e. The molecule has 0 saturated carbocycles. The Morgan fingerprint density at radius 2 is 1.60 bits per heavy atom. The van der Waals surface area contributed by atoms with Gasteiger partial charge in [-0.25, -0.2) is 8.42 Å². The number of aryl methyl sites for hydroxylation is 1. The molecule has 0 unspecified atom stereocenters. The Morgan fingerprint density at radius 1 is 1.00 bits per heavy atom. The van der Waals surface area contributed by atoms with Crippen molar-refractivity contribution in [3.8, 4) is 5.75 Å². The van der Waals surface area contributed by atoms with Gasteiger partial charge >= 0.3 is 0 Å². The van der Waals surface area contributed by atoms with Crippen molar-refractivity contribution in [2.24, 2.45) is 4.99 Å². The number of guanidine groups is 1. The zero-order valence-corrected chi connectivity index (χ0v) is 20.9. The Bertz CT molecular complexity index is 932. The maximum atomic E-state index is 11.7. The fraction of sp³-hybridized carbons (Fsp3) is 0.381. The van der Waals surface area contributed by atoms with Gasteiger partial charge in [-0.15, -0.1) is 24.0 Å². The lowest BCUT2D eigenvalue weighted by molar-refractivity contribution is 0.146. The molecule has 0 saturated heterocycles. The van der Waals surface area contributed by atoms with E-state index in [4.69, 9.17) is 9.47 Å². The van der Waals surface area contributed by atoms with Gasteiger partial charge in [-0.3, -0.25) is 4.99 Å². The highest BCUT2D eigenvalue weighted by Gasteiger charge is 2.11. The first kappa shape index (κ1) is 26.2. The highest BCUT2D eigenvalue weighted by Crippen LogP contribution is 2.16. The molecule has 30 heavy (non-hydrogen) atoms. The number of hydrogen-bond donors (Lipinski definition) is 2. The summed E-state index contributed by atoms with van der Waals surface area (Å²) in [6.45, 7) is 4.04. The van der Waals surface area contributed by atoms with Gasteiger partial charge in [0.15, 0.2) is 15.8 Å². The minimum Gasteiger partial charge on any atom is -0.491 e. The summed E-state index contributed by atoms with van der Waals surface area (Å²) in [7, 11) is 0.145. The number of nitrogens with one attached hydrogen (secondary N) is 2. The predicted octanol–water partition coefficient (Wildman–Crippen LogP) is 2.91. The molecule has 166 valence electrons. The molecule has 2 aromatic carbocycles. The van der Waals surface area contributed by atoms with Crippen LogP contribution < -0.4 is 15.4 Å². The van der Waals surface area contributed by atoms with Gasteiger partial charge in [-0.05, 0) is 41.8 Å². The molecule has 2 N–H and O–H groups in total. The van der Waals surface area contributed by atoms with Crippen LogP contribution in [0.5, 0.6) is 5.75 Å².